The van der Waals surface area contributed by atoms with E-state index >= 15 is 0 Å². The number of carbonyl (C=O) groups is 1. The molecule has 0 rings (SSSR count). The van der Waals surface area contributed by atoms with Gasteiger partial charge >= 0.3 is 14.5 Å². The highest BCUT2D eigenvalue weighted by molar-refractivity contribution is 6.70. The molecule has 0 fully saturated rings. The maximum Gasteiger partial charge on any atom is 0.343 e. The predicted molar refractivity (Wildman–Crippen MR) is 78.4 cm³/mol. The lowest BCUT2D eigenvalue weighted by molar-refractivity contribution is -0.141. The van der Waals surface area contributed by atoms with Crippen LogP contribution in [0, 0.1) is 0 Å². The van der Waals surface area contributed by atoms with Crippen molar-refractivity contribution < 1.29 is 18.8 Å². The van der Waals surface area contributed by atoms with Crippen LogP contribution in [0.2, 0.25) is 11.1 Å². The lowest BCUT2D eigenvalue weighted by atomic mass is 10.1. The zero-order valence-corrected chi connectivity index (χ0v) is 14.0. The molecule has 0 amide bonds. The lowest BCUT2D eigenvalue weighted by Gasteiger charge is -2.43. The zero-order valence-electron chi connectivity index (χ0n) is 13.0. The Kier molecular flexibility index (Phi) is 7.21. The average Bonchev–Trinajstić information content (AvgIpc) is 2.21. The molecule has 0 aromatic heterocycles. The van der Waals surface area contributed by atoms with Gasteiger partial charge in [0.2, 0.25) is 0 Å². The maximum absolute atomic E-state index is 10.9. The van der Waals surface area contributed by atoms with Crippen molar-refractivity contribution in [3.8, 4) is 0 Å². The number of aliphatic carboxylic acids is 1. The van der Waals surface area contributed by atoms with Gasteiger partial charge < -0.3 is 19.7 Å². The van der Waals surface area contributed by atoms with Gasteiger partial charge in [-0.15, -0.1) is 0 Å². The Bertz CT molecular complexity index is 284. The standard InChI is InChI=1S/C13H29NO4Si/c1-10(2)19(11(3)4,17-8-7-14)18-13(5,6)9-12(15)16/h10-11H,7-9,14H2,1-6H3,(H,15,16). The zero-order chi connectivity index (χ0) is 15.3. The third-order valence-corrected chi connectivity index (χ3v) is 7.81. The Morgan fingerprint density at radius 1 is 1.26 bits per heavy atom. The third-order valence-electron chi connectivity index (χ3n) is 3.07. The molecule has 0 bridgehead atoms. The summed E-state index contributed by atoms with van der Waals surface area (Å²) in [6.45, 7) is 12.8. The van der Waals surface area contributed by atoms with Crippen molar-refractivity contribution in [1.29, 1.82) is 0 Å². The van der Waals surface area contributed by atoms with Crippen molar-refractivity contribution in [2.45, 2.75) is 64.6 Å². The first kappa shape index (κ1) is 18.6. The second-order valence-corrected chi connectivity index (χ2v) is 10.3. The summed E-state index contributed by atoms with van der Waals surface area (Å²) in [5.41, 5.74) is 5.25. The van der Waals surface area contributed by atoms with Gasteiger partial charge in [-0.1, -0.05) is 27.7 Å². The van der Waals surface area contributed by atoms with Crippen molar-refractivity contribution in [2.75, 3.05) is 13.2 Å². The van der Waals surface area contributed by atoms with Gasteiger partial charge in [0.1, 0.15) is 0 Å². The molecular formula is C13H29NO4Si. The molecule has 6 heteroatoms. The molecule has 0 heterocycles. The van der Waals surface area contributed by atoms with Crippen molar-refractivity contribution in [3.05, 3.63) is 0 Å². The Balaban J connectivity index is 5.17. The minimum absolute atomic E-state index is 0.0345. The summed E-state index contributed by atoms with van der Waals surface area (Å²) >= 11 is 0. The minimum Gasteiger partial charge on any atom is -0.481 e. The van der Waals surface area contributed by atoms with Crippen molar-refractivity contribution in [3.63, 3.8) is 0 Å². The van der Waals surface area contributed by atoms with Crippen LogP contribution in [-0.4, -0.2) is 38.4 Å². The third kappa shape index (κ3) is 5.60. The molecule has 0 aromatic carbocycles. The fraction of sp³-hybridized carbons (Fsp3) is 0.923. The van der Waals surface area contributed by atoms with Gasteiger partial charge in [-0.25, -0.2) is 0 Å². The first-order valence-corrected chi connectivity index (χ1v) is 8.80. The Morgan fingerprint density at radius 3 is 2.05 bits per heavy atom. The number of carboxylic acids is 1. The summed E-state index contributed by atoms with van der Waals surface area (Å²) < 4.78 is 12.3. The molecule has 0 aromatic rings. The van der Waals surface area contributed by atoms with Crippen LogP contribution in [0.5, 0.6) is 0 Å². The number of carboxylic acid groups (broad SMARTS) is 1. The van der Waals surface area contributed by atoms with Gasteiger partial charge in [0.05, 0.1) is 12.0 Å². The van der Waals surface area contributed by atoms with E-state index in [-0.39, 0.29) is 17.5 Å². The second kappa shape index (κ2) is 7.38. The second-order valence-electron chi connectivity index (χ2n) is 6.10. The summed E-state index contributed by atoms with van der Waals surface area (Å²) in [6.07, 6.45) is -0.0345. The van der Waals surface area contributed by atoms with E-state index in [1.165, 1.54) is 0 Å². The molecule has 0 aliphatic rings. The summed E-state index contributed by atoms with van der Waals surface area (Å²) in [7, 11) is -2.52. The van der Waals surface area contributed by atoms with E-state index < -0.39 is 20.1 Å². The predicted octanol–water partition coefficient (Wildman–Crippen LogP) is 2.49. The topological polar surface area (TPSA) is 81.8 Å². The lowest BCUT2D eigenvalue weighted by Crippen LogP contribution is -2.54. The fourth-order valence-corrected chi connectivity index (χ4v) is 6.22. The van der Waals surface area contributed by atoms with Gasteiger partial charge in [-0.3, -0.25) is 4.79 Å². The van der Waals surface area contributed by atoms with Gasteiger partial charge in [0.15, 0.2) is 0 Å². The van der Waals surface area contributed by atoms with E-state index in [4.69, 9.17) is 19.7 Å². The van der Waals surface area contributed by atoms with Crippen molar-refractivity contribution in [2.24, 2.45) is 5.73 Å². The minimum atomic E-state index is -2.52. The van der Waals surface area contributed by atoms with Crippen LogP contribution in [0.3, 0.4) is 0 Å². The molecule has 0 aliphatic heterocycles. The molecule has 0 aliphatic carbocycles. The highest BCUT2D eigenvalue weighted by atomic mass is 28.4. The monoisotopic (exact) mass is 291 g/mol. The normalized spacial score (nSPS) is 13.3. The molecular weight excluding hydrogens is 262 g/mol. The largest absolute Gasteiger partial charge is 0.481 e. The smallest absolute Gasteiger partial charge is 0.343 e. The van der Waals surface area contributed by atoms with Crippen LogP contribution in [0.15, 0.2) is 0 Å². The molecule has 0 saturated carbocycles. The number of nitrogens with two attached hydrogens (primary N) is 1. The first-order valence-electron chi connectivity index (χ1n) is 6.83. The molecule has 19 heavy (non-hydrogen) atoms. The number of hydrogen-bond acceptors (Lipinski definition) is 4. The highest BCUT2D eigenvalue weighted by Crippen LogP contribution is 2.38. The first-order chi connectivity index (χ1) is 8.57. The Hall–Kier alpha value is -0.433. The molecule has 0 atom stereocenters. The summed E-state index contributed by atoms with van der Waals surface area (Å²) in [5.74, 6) is -0.862. The molecule has 0 spiro atoms. The molecule has 0 unspecified atom stereocenters. The summed E-state index contributed by atoms with van der Waals surface area (Å²) in [4.78, 5) is 10.9. The van der Waals surface area contributed by atoms with Gasteiger partial charge in [0, 0.05) is 13.2 Å². The van der Waals surface area contributed by atoms with Crippen LogP contribution in [0.1, 0.15) is 48.0 Å². The van der Waals surface area contributed by atoms with Crippen LogP contribution in [-0.2, 0) is 13.6 Å². The van der Waals surface area contributed by atoms with E-state index in [1.54, 1.807) is 13.8 Å². The molecule has 3 N–H and O–H groups in total. The fourth-order valence-electron chi connectivity index (χ4n) is 2.32. The molecule has 0 saturated heterocycles. The summed E-state index contributed by atoms with van der Waals surface area (Å²) in [6, 6.07) is 0. The number of rotatable bonds is 9. The van der Waals surface area contributed by atoms with Gasteiger partial charge in [0.25, 0.3) is 0 Å². The van der Waals surface area contributed by atoms with E-state index in [9.17, 15) is 4.79 Å². The Morgan fingerprint density at radius 2 is 1.74 bits per heavy atom. The van der Waals surface area contributed by atoms with Crippen LogP contribution in [0.4, 0.5) is 0 Å². The average molecular weight is 291 g/mol. The SMILES string of the molecule is CC(C)[Si](OCCN)(OC(C)(C)CC(=O)O)C(C)C. The van der Waals surface area contributed by atoms with E-state index in [2.05, 4.69) is 27.7 Å². The Labute approximate surface area is 117 Å². The van der Waals surface area contributed by atoms with E-state index in [1.807, 2.05) is 0 Å². The molecule has 5 nitrogen and oxygen atoms in total. The van der Waals surface area contributed by atoms with Gasteiger partial charge in [-0.05, 0) is 24.9 Å². The maximum atomic E-state index is 10.9. The van der Waals surface area contributed by atoms with Crippen molar-refractivity contribution in [1.82, 2.24) is 0 Å². The van der Waals surface area contributed by atoms with Crippen LogP contribution < -0.4 is 5.73 Å². The quantitative estimate of drug-likeness (QED) is 0.638. The van der Waals surface area contributed by atoms with E-state index in [0.717, 1.165) is 0 Å². The number of hydrogen-bond donors (Lipinski definition) is 2. The van der Waals surface area contributed by atoms with Crippen LogP contribution in [0.25, 0.3) is 0 Å². The highest BCUT2D eigenvalue weighted by Gasteiger charge is 2.48. The van der Waals surface area contributed by atoms with Gasteiger partial charge in [-0.2, -0.15) is 0 Å². The molecule has 0 radical (unpaired) electrons. The van der Waals surface area contributed by atoms with E-state index in [0.29, 0.717) is 13.2 Å². The summed E-state index contributed by atoms with van der Waals surface area (Å²) in [5, 5.41) is 8.97. The van der Waals surface area contributed by atoms with Crippen LogP contribution >= 0.6 is 0 Å². The molecule has 114 valence electrons. The van der Waals surface area contributed by atoms with Crippen molar-refractivity contribution >= 4 is 14.5 Å².